The minimum atomic E-state index is -1.06. The fraction of sp³-hybridized carbons (Fsp3) is 0.333. The van der Waals surface area contributed by atoms with Crippen LogP contribution in [0, 0.1) is 13.8 Å². The summed E-state index contributed by atoms with van der Waals surface area (Å²) in [6, 6.07) is 6.72. The zero-order valence-corrected chi connectivity index (χ0v) is 14.7. The Morgan fingerprint density at radius 3 is 2.52 bits per heavy atom. The largest absolute Gasteiger partial charge is 0.496 e. The predicted molar refractivity (Wildman–Crippen MR) is 90.1 cm³/mol. The molecule has 2 aromatic rings. The van der Waals surface area contributed by atoms with Crippen molar-refractivity contribution in [3.63, 3.8) is 0 Å². The van der Waals surface area contributed by atoms with E-state index < -0.39 is 5.97 Å². The Morgan fingerprint density at radius 2 is 1.96 bits per heavy atom. The summed E-state index contributed by atoms with van der Waals surface area (Å²) in [4.78, 5) is 24.6. The quantitative estimate of drug-likeness (QED) is 0.828. The molecule has 0 atom stereocenters. The van der Waals surface area contributed by atoms with Gasteiger partial charge in [0.2, 0.25) is 0 Å². The number of ether oxygens (including phenoxy) is 2. The second-order valence-electron chi connectivity index (χ2n) is 5.66. The summed E-state index contributed by atoms with van der Waals surface area (Å²) in [5.74, 6) is 0.735. The highest BCUT2D eigenvalue weighted by molar-refractivity contribution is 5.88. The minimum Gasteiger partial charge on any atom is -0.496 e. The van der Waals surface area contributed by atoms with E-state index in [2.05, 4.69) is 0 Å². The molecular formula is C18H21NO6. The van der Waals surface area contributed by atoms with Gasteiger partial charge in [-0.15, -0.1) is 0 Å². The average molecular weight is 347 g/mol. The van der Waals surface area contributed by atoms with Crippen LogP contribution in [-0.2, 0) is 11.3 Å². The van der Waals surface area contributed by atoms with Crippen LogP contribution in [0.5, 0.6) is 11.5 Å². The Labute approximate surface area is 145 Å². The van der Waals surface area contributed by atoms with Gasteiger partial charge >= 0.3 is 5.97 Å². The fourth-order valence-corrected chi connectivity index (χ4v) is 2.35. The van der Waals surface area contributed by atoms with Crippen molar-refractivity contribution in [1.82, 2.24) is 4.90 Å². The first-order valence-corrected chi connectivity index (χ1v) is 7.65. The van der Waals surface area contributed by atoms with Gasteiger partial charge in [-0.1, -0.05) is 0 Å². The lowest BCUT2D eigenvalue weighted by Gasteiger charge is -2.16. The van der Waals surface area contributed by atoms with Gasteiger partial charge < -0.3 is 23.9 Å². The maximum Gasteiger partial charge on any atom is 0.339 e. The number of rotatable bonds is 7. The number of benzene rings is 1. The number of methoxy groups -OCH3 is 1. The Bertz CT molecular complexity index is 780. The van der Waals surface area contributed by atoms with E-state index in [9.17, 15) is 9.59 Å². The van der Waals surface area contributed by atoms with E-state index in [0.717, 1.165) is 11.3 Å². The third-order valence-electron chi connectivity index (χ3n) is 3.75. The third-order valence-corrected chi connectivity index (χ3v) is 3.75. The lowest BCUT2D eigenvalue weighted by Crippen LogP contribution is -2.30. The first-order valence-electron chi connectivity index (χ1n) is 7.65. The van der Waals surface area contributed by atoms with Gasteiger partial charge in [0.05, 0.1) is 13.7 Å². The van der Waals surface area contributed by atoms with Gasteiger partial charge in [0, 0.05) is 7.05 Å². The molecule has 0 aliphatic carbocycles. The van der Waals surface area contributed by atoms with Gasteiger partial charge in [-0.3, -0.25) is 4.79 Å². The van der Waals surface area contributed by atoms with Crippen molar-refractivity contribution in [2.45, 2.75) is 20.4 Å². The van der Waals surface area contributed by atoms with Crippen LogP contribution in [0.15, 0.2) is 28.7 Å². The van der Waals surface area contributed by atoms with E-state index in [1.54, 1.807) is 39.3 Å². The van der Waals surface area contributed by atoms with Crippen LogP contribution in [0.3, 0.4) is 0 Å². The van der Waals surface area contributed by atoms with Crippen LogP contribution in [0.25, 0.3) is 0 Å². The van der Waals surface area contributed by atoms with Crippen molar-refractivity contribution in [3.05, 3.63) is 46.9 Å². The number of carbonyl (C=O) groups is 2. The van der Waals surface area contributed by atoms with Crippen molar-refractivity contribution in [1.29, 1.82) is 0 Å². The van der Waals surface area contributed by atoms with Crippen molar-refractivity contribution in [3.8, 4) is 11.5 Å². The molecule has 134 valence electrons. The monoisotopic (exact) mass is 347 g/mol. The van der Waals surface area contributed by atoms with Crippen LogP contribution in [0.2, 0.25) is 0 Å². The van der Waals surface area contributed by atoms with Gasteiger partial charge in [-0.2, -0.15) is 0 Å². The molecule has 1 amide bonds. The average Bonchev–Trinajstić information content (AvgIpc) is 2.93. The molecule has 1 aromatic carbocycles. The first kappa shape index (κ1) is 18.4. The van der Waals surface area contributed by atoms with Crippen molar-refractivity contribution >= 4 is 11.9 Å². The summed E-state index contributed by atoms with van der Waals surface area (Å²) >= 11 is 0. The van der Waals surface area contributed by atoms with E-state index in [0.29, 0.717) is 17.3 Å². The van der Waals surface area contributed by atoms with Gasteiger partial charge in [0.1, 0.15) is 28.6 Å². The maximum absolute atomic E-state index is 12.2. The number of hydrogen-bond acceptors (Lipinski definition) is 5. The fourth-order valence-electron chi connectivity index (χ4n) is 2.35. The minimum absolute atomic E-state index is 0.0980. The first-order chi connectivity index (χ1) is 11.8. The second-order valence-corrected chi connectivity index (χ2v) is 5.66. The molecule has 1 heterocycles. The molecule has 1 N–H and O–H groups in total. The van der Waals surface area contributed by atoms with Gasteiger partial charge in [0.15, 0.2) is 6.61 Å². The predicted octanol–water partition coefficient (Wildman–Crippen LogP) is 2.64. The lowest BCUT2D eigenvalue weighted by atomic mass is 10.2. The molecule has 7 heteroatoms. The highest BCUT2D eigenvalue weighted by atomic mass is 16.5. The van der Waals surface area contributed by atoms with E-state index in [-0.39, 0.29) is 24.6 Å². The van der Waals surface area contributed by atoms with E-state index in [4.69, 9.17) is 19.0 Å². The van der Waals surface area contributed by atoms with E-state index in [1.165, 1.54) is 11.0 Å². The van der Waals surface area contributed by atoms with Crippen LogP contribution in [0.1, 0.15) is 27.4 Å². The summed E-state index contributed by atoms with van der Waals surface area (Å²) in [5.41, 5.74) is 1.01. The number of furan rings is 1. The molecule has 2 rings (SSSR count). The number of carboxylic acids is 1. The summed E-state index contributed by atoms with van der Waals surface area (Å²) in [7, 11) is 3.19. The molecular weight excluding hydrogens is 326 g/mol. The number of carbonyl (C=O) groups excluding carboxylic acids is 1. The van der Waals surface area contributed by atoms with Gasteiger partial charge in [0.25, 0.3) is 5.91 Å². The molecule has 0 bridgehead atoms. The molecule has 25 heavy (non-hydrogen) atoms. The number of aromatic carboxylic acids is 1. The standard InChI is InChI=1S/C18H21NO6/c1-11-7-13(5-6-16(11)23-4)24-10-17(20)19(3)9-14-8-15(18(21)22)12(2)25-14/h5-8H,9-10H2,1-4H3,(H,21,22). The van der Waals surface area contributed by atoms with Gasteiger partial charge in [-0.25, -0.2) is 4.79 Å². The third kappa shape index (κ3) is 4.53. The second kappa shape index (κ2) is 7.74. The normalized spacial score (nSPS) is 10.4. The molecule has 0 radical (unpaired) electrons. The molecule has 0 aliphatic heterocycles. The summed E-state index contributed by atoms with van der Waals surface area (Å²) in [5, 5.41) is 9.02. The van der Waals surface area contributed by atoms with E-state index in [1.807, 2.05) is 6.92 Å². The van der Waals surface area contributed by atoms with E-state index >= 15 is 0 Å². The molecule has 0 fully saturated rings. The molecule has 0 aliphatic rings. The van der Waals surface area contributed by atoms with Crippen LogP contribution in [-0.4, -0.2) is 42.6 Å². The number of likely N-dealkylation sites (N-methyl/N-ethyl adjacent to an activating group) is 1. The lowest BCUT2D eigenvalue weighted by molar-refractivity contribution is -0.132. The van der Waals surface area contributed by atoms with Crippen molar-refractivity contribution in [2.24, 2.45) is 0 Å². The summed E-state index contributed by atoms with van der Waals surface area (Å²) in [6.07, 6.45) is 0. The Balaban J connectivity index is 1.93. The Morgan fingerprint density at radius 1 is 1.24 bits per heavy atom. The zero-order valence-electron chi connectivity index (χ0n) is 14.7. The van der Waals surface area contributed by atoms with Crippen LogP contribution >= 0.6 is 0 Å². The Kier molecular flexibility index (Phi) is 5.69. The molecule has 0 unspecified atom stereocenters. The number of carboxylic acid groups (broad SMARTS) is 1. The summed E-state index contributed by atoms with van der Waals surface area (Å²) in [6.45, 7) is 3.49. The molecule has 0 spiro atoms. The van der Waals surface area contributed by atoms with Crippen LogP contribution in [0.4, 0.5) is 0 Å². The SMILES string of the molecule is COc1ccc(OCC(=O)N(C)Cc2cc(C(=O)O)c(C)o2)cc1C. The molecule has 0 saturated carbocycles. The van der Waals surface area contributed by atoms with Gasteiger partial charge in [-0.05, 0) is 43.7 Å². The number of nitrogens with zero attached hydrogens (tertiary/aromatic N) is 1. The molecule has 7 nitrogen and oxygen atoms in total. The highest BCUT2D eigenvalue weighted by Gasteiger charge is 2.17. The number of amides is 1. The Hall–Kier alpha value is -2.96. The number of aryl methyl sites for hydroxylation is 2. The van der Waals surface area contributed by atoms with Crippen LogP contribution < -0.4 is 9.47 Å². The maximum atomic E-state index is 12.2. The van der Waals surface area contributed by atoms with Crippen molar-refractivity contribution in [2.75, 3.05) is 20.8 Å². The topological polar surface area (TPSA) is 89.2 Å². The van der Waals surface area contributed by atoms with Crippen molar-refractivity contribution < 1.29 is 28.6 Å². The molecule has 0 saturated heterocycles. The zero-order chi connectivity index (χ0) is 18.6. The summed E-state index contributed by atoms with van der Waals surface area (Å²) < 4.78 is 16.0. The highest BCUT2D eigenvalue weighted by Crippen LogP contribution is 2.23. The number of hydrogen-bond donors (Lipinski definition) is 1. The molecule has 1 aromatic heterocycles. The smallest absolute Gasteiger partial charge is 0.339 e.